The molecule has 11 heteroatoms. The van der Waals surface area contributed by atoms with Gasteiger partial charge in [0.2, 0.25) is 5.91 Å². The Kier molecular flexibility index (Phi) is 6.23. The van der Waals surface area contributed by atoms with Gasteiger partial charge >= 0.3 is 11.9 Å². The van der Waals surface area contributed by atoms with E-state index in [2.05, 4.69) is 10.3 Å². The van der Waals surface area contributed by atoms with Crippen molar-refractivity contribution in [2.45, 2.75) is 24.2 Å². The van der Waals surface area contributed by atoms with Crippen molar-refractivity contribution in [3.05, 3.63) is 57.7 Å². The summed E-state index contributed by atoms with van der Waals surface area (Å²) in [7, 11) is 0. The van der Waals surface area contributed by atoms with Gasteiger partial charge < -0.3 is 9.73 Å². The van der Waals surface area contributed by atoms with Crippen LogP contribution in [0.2, 0.25) is 5.02 Å². The molecule has 0 fully saturated rings. The van der Waals surface area contributed by atoms with Crippen LogP contribution in [-0.4, -0.2) is 27.8 Å². The molecule has 0 spiro atoms. The Labute approximate surface area is 172 Å². The van der Waals surface area contributed by atoms with Crippen molar-refractivity contribution in [1.82, 2.24) is 14.9 Å². The summed E-state index contributed by atoms with van der Waals surface area (Å²) in [6.45, 7) is 1.78. The lowest BCUT2D eigenvalue weighted by Gasteiger charge is -2.13. The summed E-state index contributed by atoms with van der Waals surface area (Å²) in [5, 5.41) is 2.80. The number of nitrogens with zero attached hydrogens (tertiary/aromatic N) is 2. The summed E-state index contributed by atoms with van der Waals surface area (Å²) < 4.78 is 44.3. The highest BCUT2D eigenvalue weighted by atomic mass is 35.5. The molecule has 0 aliphatic carbocycles. The Morgan fingerprint density at radius 2 is 2.10 bits per heavy atom. The minimum atomic E-state index is -4.51. The first kappa shape index (κ1) is 21.3. The first-order valence-corrected chi connectivity index (χ1v) is 9.78. The number of nitrogens with one attached hydrogen (secondary N) is 1. The fraction of sp³-hybridized carbons (Fsp3) is 0.278. The number of para-hydroxylation sites is 2. The Morgan fingerprint density at radius 1 is 1.38 bits per heavy atom. The third-order valence-electron chi connectivity index (χ3n) is 4.06. The second kappa shape index (κ2) is 8.50. The van der Waals surface area contributed by atoms with E-state index in [1.54, 1.807) is 31.2 Å². The number of thioether (sulfide) groups is 1. The highest BCUT2D eigenvalue weighted by Gasteiger charge is 2.31. The van der Waals surface area contributed by atoms with Crippen LogP contribution in [0.5, 0.6) is 0 Å². The standard InChI is InChI=1S/C18H15ClF3N3O3S/c1-10(25-13-4-2-3-5-14(13)28-17(25)27)15(26)23-6-7-29-16-12(19)8-11(9-24-16)18(20,21)22/h2-5,8-10H,6-7H2,1H3,(H,23,26). The van der Waals surface area contributed by atoms with Crippen molar-refractivity contribution in [2.24, 2.45) is 0 Å². The van der Waals surface area contributed by atoms with Crippen LogP contribution in [0.3, 0.4) is 0 Å². The normalized spacial score (nSPS) is 12.9. The third-order valence-corrected chi connectivity index (χ3v) is 5.47. The second-order valence-corrected chi connectivity index (χ2v) is 7.52. The summed E-state index contributed by atoms with van der Waals surface area (Å²) in [6, 6.07) is 6.78. The smallest absolute Gasteiger partial charge is 0.408 e. The van der Waals surface area contributed by atoms with Gasteiger partial charge in [0.25, 0.3) is 0 Å². The van der Waals surface area contributed by atoms with Crippen LogP contribution in [0.25, 0.3) is 11.1 Å². The van der Waals surface area contributed by atoms with Crippen LogP contribution in [0.15, 0.2) is 50.8 Å². The molecule has 29 heavy (non-hydrogen) atoms. The van der Waals surface area contributed by atoms with Crippen LogP contribution in [0.4, 0.5) is 13.2 Å². The molecule has 1 aromatic carbocycles. The number of carbonyl (C=O) groups excluding carboxylic acids is 1. The molecule has 6 nitrogen and oxygen atoms in total. The van der Waals surface area contributed by atoms with Crippen molar-refractivity contribution < 1.29 is 22.4 Å². The Hall–Kier alpha value is -2.46. The zero-order chi connectivity index (χ0) is 21.2. The van der Waals surface area contributed by atoms with Gasteiger partial charge in [-0.25, -0.2) is 9.78 Å². The minimum absolute atomic E-state index is 0.110. The van der Waals surface area contributed by atoms with E-state index in [1.165, 1.54) is 4.57 Å². The number of hydrogen-bond donors (Lipinski definition) is 1. The van der Waals surface area contributed by atoms with Crippen molar-refractivity contribution >= 4 is 40.4 Å². The van der Waals surface area contributed by atoms with E-state index in [4.69, 9.17) is 16.0 Å². The van der Waals surface area contributed by atoms with Gasteiger partial charge in [-0.15, -0.1) is 11.8 Å². The van der Waals surface area contributed by atoms with E-state index in [0.717, 1.165) is 17.8 Å². The van der Waals surface area contributed by atoms with E-state index in [0.29, 0.717) is 23.0 Å². The van der Waals surface area contributed by atoms with Gasteiger partial charge in [-0.05, 0) is 25.1 Å². The average Bonchev–Trinajstić information content (AvgIpc) is 3.00. The van der Waals surface area contributed by atoms with Crippen LogP contribution < -0.4 is 11.1 Å². The van der Waals surface area contributed by atoms with E-state index in [-0.39, 0.29) is 16.6 Å². The number of fused-ring (bicyclic) bond motifs is 1. The third kappa shape index (κ3) is 4.76. The van der Waals surface area contributed by atoms with Crippen LogP contribution in [0.1, 0.15) is 18.5 Å². The maximum absolute atomic E-state index is 12.6. The van der Waals surface area contributed by atoms with E-state index >= 15 is 0 Å². The van der Waals surface area contributed by atoms with E-state index < -0.39 is 29.4 Å². The van der Waals surface area contributed by atoms with Gasteiger partial charge in [0.1, 0.15) is 11.1 Å². The Bertz CT molecular complexity index is 1100. The molecule has 0 bridgehead atoms. The highest BCUT2D eigenvalue weighted by Crippen LogP contribution is 2.33. The number of benzene rings is 1. The molecule has 1 unspecified atom stereocenters. The van der Waals surface area contributed by atoms with Crippen molar-refractivity contribution in [2.75, 3.05) is 12.3 Å². The number of alkyl halides is 3. The van der Waals surface area contributed by atoms with E-state index in [9.17, 15) is 22.8 Å². The number of amides is 1. The molecule has 1 amide bonds. The molecule has 0 aliphatic rings. The lowest BCUT2D eigenvalue weighted by molar-refractivity contribution is -0.137. The lowest BCUT2D eigenvalue weighted by atomic mass is 10.2. The second-order valence-electron chi connectivity index (χ2n) is 6.03. The summed E-state index contributed by atoms with van der Waals surface area (Å²) in [4.78, 5) is 28.1. The van der Waals surface area contributed by atoms with Gasteiger partial charge in [-0.3, -0.25) is 9.36 Å². The summed E-state index contributed by atoms with van der Waals surface area (Å²) in [6.07, 6.45) is -3.80. The molecule has 3 rings (SSSR count). The molecule has 3 aromatic rings. The summed E-state index contributed by atoms with van der Waals surface area (Å²) >= 11 is 6.96. The molecule has 0 aliphatic heterocycles. The summed E-state index contributed by atoms with van der Waals surface area (Å²) in [5.41, 5.74) is -0.0299. The molecule has 0 saturated heterocycles. The number of carbonyl (C=O) groups is 1. The molecular weight excluding hydrogens is 431 g/mol. The molecule has 0 radical (unpaired) electrons. The first-order valence-electron chi connectivity index (χ1n) is 8.42. The predicted molar refractivity (Wildman–Crippen MR) is 103 cm³/mol. The molecule has 1 atom stereocenters. The van der Waals surface area contributed by atoms with E-state index in [1.807, 2.05) is 0 Å². The summed E-state index contributed by atoms with van der Waals surface area (Å²) in [5.74, 6) is -0.702. The van der Waals surface area contributed by atoms with Crippen molar-refractivity contribution in [3.8, 4) is 0 Å². The molecule has 2 aromatic heterocycles. The quantitative estimate of drug-likeness (QED) is 0.456. The van der Waals surface area contributed by atoms with Crippen molar-refractivity contribution in [3.63, 3.8) is 0 Å². The maximum atomic E-state index is 12.6. The molecule has 2 heterocycles. The van der Waals surface area contributed by atoms with Gasteiger partial charge in [-0.2, -0.15) is 13.2 Å². The van der Waals surface area contributed by atoms with Gasteiger partial charge in [0.15, 0.2) is 5.58 Å². The number of rotatable bonds is 6. The van der Waals surface area contributed by atoms with Gasteiger partial charge in [0.05, 0.1) is 16.1 Å². The van der Waals surface area contributed by atoms with Gasteiger partial charge in [0, 0.05) is 18.5 Å². The van der Waals surface area contributed by atoms with Crippen LogP contribution in [-0.2, 0) is 11.0 Å². The average molecular weight is 446 g/mol. The zero-order valence-electron chi connectivity index (χ0n) is 15.0. The lowest BCUT2D eigenvalue weighted by Crippen LogP contribution is -2.35. The van der Waals surface area contributed by atoms with Gasteiger partial charge in [-0.1, -0.05) is 23.7 Å². The topological polar surface area (TPSA) is 77.1 Å². The Balaban J connectivity index is 1.57. The predicted octanol–water partition coefficient (Wildman–Crippen LogP) is 4.13. The largest absolute Gasteiger partial charge is 0.420 e. The molecular formula is C18H15ClF3N3O3S. The zero-order valence-corrected chi connectivity index (χ0v) is 16.6. The number of halogens is 4. The fourth-order valence-corrected chi connectivity index (χ4v) is 3.68. The highest BCUT2D eigenvalue weighted by molar-refractivity contribution is 7.99. The number of pyridine rings is 1. The van der Waals surface area contributed by atoms with Crippen LogP contribution in [0, 0.1) is 0 Å². The molecule has 1 N–H and O–H groups in total. The number of hydrogen-bond acceptors (Lipinski definition) is 5. The monoisotopic (exact) mass is 445 g/mol. The number of oxazole rings is 1. The fourth-order valence-electron chi connectivity index (χ4n) is 2.62. The first-order chi connectivity index (χ1) is 13.7. The maximum Gasteiger partial charge on any atom is 0.420 e. The molecule has 154 valence electrons. The van der Waals surface area contributed by atoms with Crippen LogP contribution >= 0.6 is 23.4 Å². The Morgan fingerprint density at radius 3 is 2.79 bits per heavy atom. The van der Waals surface area contributed by atoms with Crippen molar-refractivity contribution in [1.29, 1.82) is 0 Å². The minimum Gasteiger partial charge on any atom is -0.408 e. The SMILES string of the molecule is CC(C(=O)NCCSc1ncc(C(F)(F)F)cc1Cl)n1c(=O)oc2ccccc21. The number of aromatic nitrogens is 2. The molecule has 0 saturated carbocycles.